The average Bonchev–Trinajstić information content (AvgIpc) is 3.45. The Hall–Kier alpha value is -3.26. The quantitative estimate of drug-likeness (QED) is 0.549. The predicted octanol–water partition coefficient (Wildman–Crippen LogP) is 3.52. The zero-order chi connectivity index (χ0) is 20.5. The van der Waals surface area contributed by atoms with Crippen molar-refractivity contribution >= 4 is 16.7 Å². The van der Waals surface area contributed by atoms with Gasteiger partial charge in [-0.2, -0.15) is 10.2 Å². The molecule has 0 radical (unpaired) electrons. The molecule has 0 aromatic carbocycles. The molecule has 1 atom stereocenters. The summed E-state index contributed by atoms with van der Waals surface area (Å²) < 4.78 is 7.72. The SMILES string of the molecule is CCCn1nccc1-c1cc(N2CCOC[C@H]2C)nc2c(-c3ccn[nH]3)nccc12. The molecule has 0 aliphatic carbocycles. The standard InChI is InChI=1S/C22H25N7O/c1-3-10-29-19(6-9-25-29)17-13-20(28-11-12-30-14-15(28)2)26-21-16(17)4-7-23-22(21)18-5-8-24-27-18/h4-9,13,15H,3,10-12,14H2,1-2H3,(H,24,27)/t15-/m1/s1. The van der Waals surface area contributed by atoms with Gasteiger partial charge in [-0.25, -0.2) is 4.98 Å². The number of nitrogens with one attached hydrogen (secondary N) is 1. The third kappa shape index (κ3) is 3.23. The van der Waals surface area contributed by atoms with Crippen LogP contribution < -0.4 is 4.90 Å². The van der Waals surface area contributed by atoms with Crippen LogP contribution in [0.25, 0.3) is 33.5 Å². The fourth-order valence-corrected chi connectivity index (χ4v) is 4.10. The molecule has 1 aliphatic rings. The number of morpholine rings is 1. The molecule has 1 aliphatic heterocycles. The Morgan fingerprint density at radius 1 is 1.20 bits per heavy atom. The van der Waals surface area contributed by atoms with Crippen molar-refractivity contribution in [3.63, 3.8) is 0 Å². The van der Waals surface area contributed by atoms with E-state index in [1.807, 2.05) is 24.5 Å². The van der Waals surface area contributed by atoms with Crippen molar-refractivity contribution in [2.45, 2.75) is 32.9 Å². The van der Waals surface area contributed by atoms with Crippen LogP contribution in [-0.4, -0.2) is 55.7 Å². The molecule has 1 saturated heterocycles. The molecule has 1 N–H and O–H groups in total. The smallest absolute Gasteiger partial charge is 0.130 e. The third-order valence-corrected chi connectivity index (χ3v) is 5.56. The van der Waals surface area contributed by atoms with E-state index >= 15 is 0 Å². The van der Waals surface area contributed by atoms with Gasteiger partial charge in [0.1, 0.15) is 17.0 Å². The first-order valence-corrected chi connectivity index (χ1v) is 10.4. The lowest BCUT2D eigenvalue weighted by Gasteiger charge is -2.34. The molecule has 8 heteroatoms. The maximum atomic E-state index is 5.65. The van der Waals surface area contributed by atoms with Crippen molar-refractivity contribution < 1.29 is 4.74 Å². The average molecular weight is 403 g/mol. The fraction of sp³-hybridized carbons (Fsp3) is 0.364. The van der Waals surface area contributed by atoms with Crippen LogP contribution in [0.3, 0.4) is 0 Å². The van der Waals surface area contributed by atoms with Gasteiger partial charge in [0.15, 0.2) is 0 Å². The van der Waals surface area contributed by atoms with Gasteiger partial charge in [-0.15, -0.1) is 0 Å². The van der Waals surface area contributed by atoms with E-state index in [1.54, 1.807) is 6.20 Å². The highest BCUT2D eigenvalue weighted by Gasteiger charge is 2.23. The lowest BCUT2D eigenvalue weighted by molar-refractivity contribution is 0.0986. The molecule has 8 nitrogen and oxygen atoms in total. The van der Waals surface area contributed by atoms with Crippen LogP contribution in [0.4, 0.5) is 5.82 Å². The Morgan fingerprint density at radius 2 is 2.13 bits per heavy atom. The molecule has 0 bridgehead atoms. The molecule has 5 rings (SSSR count). The van der Waals surface area contributed by atoms with Crippen molar-refractivity contribution in [2.24, 2.45) is 0 Å². The van der Waals surface area contributed by atoms with Crippen molar-refractivity contribution in [3.8, 4) is 22.6 Å². The van der Waals surface area contributed by atoms with Crippen LogP contribution in [0.2, 0.25) is 0 Å². The van der Waals surface area contributed by atoms with Crippen LogP contribution in [0.5, 0.6) is 0 Å². The predicted molar refractivity (Wildman–Crippen MR) is 116 cm³/mol. The summed E-state index contributed by atoms with van der Waals surface area (Å²) in [4.78, 5) is 12.0. The topological polar surface area (TPSA) is 84.8 Å². The number of aromatic amines is 1. The molecule has 1 fully saturated rings. The van der Waals surface area contributed by atoms with Gasteiger partial charge in [0.25, 0.3) is 0 Å². The number of fused-ring (bicyclic) bond motifs is 1. The highest BCUT2D eigenvalue weighted by molar-refractivity contribution is 6.01. The number of rotatable bonds is 5. The molecule has 0 saturated carbocycles. The molecular formula is C22H25N7O. The monoisotopic (exact) mass is 403 g/mol. The van der Waals surface area contributed by atoms with E-state index in [4.69, 9.17) is 9.72 Å². The molecular weight excluding hydrogens is 378 g/mol. The van der Waals surface area contributed by atoms with Gasteiger partial charge in [0.05, 0.1) is 30.6 Å². The molecule has 4 aromatic heterocycles. The first-order chi connectivity index (χ1) is 14.8. The molecule has 154 valence electrons. The zero-order valence-corrected chi connectivity index (χ0v) is 17.2. The lowest BCUT2D eigenvalue weighted by Crippen LogP contribution is -2.44. The summed E-state index contributed by atoms with van der Waals surface area (Å²) in [6.45, 7) is 7.42. The number of aryl methyl sites for hydroxylation is 1. The number of hydrogen-bond donors (Lipinski definition) is 1. The number of anilines is 1. The van der Waals surface area contributed by atoms with E-state index in [-0.39, 0.29) is 6.04 Å². The summed E-state index contributed by atoms with van der Waals surface area (Å²) in [6.07, 6.45) is 6.46. The molecule has 0 amide bonds. The van der Waals surface area contributed by atoms with Crippen LogP contribution in [-0.2, 0) is 11.3 Å². The van der Waals surface area contributed by atoms with E-state index in [9.17, 15) is 0 Å². The highest BCUT2D eigenvalue weighted by Crippen LogP contribution is 2.35. The van der Waals surface area contributed by atoms with Crippen molar-refractivity contribution in [2.75, 3.05) is 24.7 Å². The lowest BCUT2D eigenvalue weighted by atomic mass is 10.0. The maximum Gasteiger partial charge on any atom is 0.130 e. The summed E-state index contributed by atoms with van der Waals surface area (Å²) in [5.74, 6) is 0.936. The Morgan fingerprint density at radius 3 is 2.93 bits per heavy atom. The van der Waals surface area contributed by atoms with E-state index in [2.05, 4.69) is 55.8 Å². The second kappa shape index (κ2) is 7.87. The van der Waals surface area contributed by atoms with Crippen LogP contribution in [0.15, 0.2) is 42.9 Å². The number of pyridine rings is 2. The Kier molecular flexibility index (Phi) is 4.92. The summed E-state index contributed by atoms with van der Waals surface area (Å²) >= 11 is 0. The second-order valence-corrected chi connectivity index (χ2v) is 7.61. The van der Waals surface area contributed by atoms with Crippen LogP contribution in [0, 0.1) is 0 Å². The van der Waals surface area contributed by atoms with Crippen molar-refractivity contribution in [1.29, 1.82) is 0 Å². The minimum Gasteiger partial charge on any atom is -0.377 e. The van der Waals surface area contributed by atoms with Crippen molar-refractivity contribution in [3.05, 3.63) is 42.9 Å². The van der Waals surface area contributed by atoms with Gasteiger partial charge in [-0.3, -0.25) is 14.8 Å². The van der Waals surface area contributed by atoms with E-state index in [1.165, 1.54) is 0 Å². The summed E-state index contributed by atoms with van der Waals surface area (Å²) in [5.41, 5.74) is 4.72. The largest absolute Gasteiger partial charge is 0.377 e. The van der Waals surface area contributed by atoms with Gasteiger partial charge >= 0.3 is 0 Å². The molecule has 0 spiro atoms. The van der Waals surface area contributed by atoms with Crippen molar-refractivity contribution in [1.82, 2.24) is 29.9 Å². The molecule has 5 heterocycles. The fourth-order valence-electron chi connectivity index (χ4n) is 4.10. The first-order valence-electron chi connectivity index (χ1n) is 10.4. The van der Waals surface area contributed by atoms with Crippen LogP contribution >= 0.6 is 0 Å². The maximum absolute atomic E-state index is 5.65. The van der Waals surface area contributed by atoms with E-state index < -0.39 is 0 Å². The molecule has 30 heavy (non-hydrogen) atoms. The van der Waals surface area contributed by atoms with Gasteiger partial charge in [-0.05, 0) is 37.6 Å². The summed E-state index contributed by atoms with van der Waals surface area (Å²) in [5, 5.41) is 12.7. The minimum absolute atomic E-state index is 0.254. The second-order valence-electron chi connectivity index (χ2n) is 7.61. The van der Waals surface area contributed by atoms with E-state index in [0.717, 1.165) is 58.9 Å². The normalized spacial score (nSPS) is 17.0. The number of hydrogen-bond acceptors (Lipinski definition) is 6. The summed E-state index contributed by atoms with van der Waals surface area (Å²) in [6, 6.07) is 8.48. The van der Waals surface area contributed by atoms with E-state index in [0.29, 0.717) is 13.2 Å². The Bertz CT molecular complexity index is 1150. The molecule has 0 unspecified atom stereocenters. The number of ether oxygens (including phenoxy) is 1. The molecule has 4 aromatic rings. The van der Waals surface area contributed by atoms with Gasteiger partial charge in [0, 0.05) is 42.6 Å². The highest BCUT2D eigenvalue weighted by atomic mass is 16.5. The Labute approximate surface area is 174 Å². The van der Waals surface area contributed by atoms with Gasteiger partial charge < -0.3 is 9.64 Å². The number of aromatic nitrogens is 6. The Balaban J connectivity index is 1.77. The number of nitrogens with zero attached hydrogens (tertiary/aromatic N) is 6. The van der Waals surface area contributed by atoms with Gasteiger partial charge in [-0.1, -0.05) is 6.92 Å². The van der Waals surface area contributed by atoms with Gasteiger partial charge in [0.2, 0.25) is 0 Å². The minimum atomic E-state index is 0.254. The first kappa shape index (κ1) is 18.7. The number of H-pyrrole nitrogens is 1. The third-order valence-electron chi connectivity index (χ3n) is 5.56. The zero-order valence-electron chi connectivity index (χ0n) is 17.2. The van der Waals surface area contributed by atoms with Crippen LogP contribution in [0.1, 0.15) is 20.3 Å². The summed E-state index contributed by atoms with van der Waals surface area (Å²) in [7, 11) is 0.